The number of ether oxygens (including phenoxy) is 5. The lowest BCUT2D eigenvalue weighted by Gasteiger charge is -2.24. The van der Waals surface area contributed by atoms with Gasteiger partial charge in [0.15, 0.2) is 11.5 Å². The molecular formula is C18H31NO6. The zero-order valence-corrected chi connectivity index (χ0v) is 15.7. The summed E-state index contributed by atoms with van der Waals surface area (Å²) in [6.45, 7) is 3.88. The highest BCUT2D eigenvalue weighted by atomic mass is 16.5. The standard InChI is InChI=1S/C18H31NO6/c1-21-9-7-19(8-10-22-2)12-16(20)14-25-13-15-5-6-17(23-3)18(11-15)24-4/h5-6,11,16,20H,7-10,12-14H2,1-4H3/t16-/m0/s1. The van der Waals surface area contributed by atoms with Crippen molar-refractivity contribution in [2.75, 3.05) is 67.9 Å². The first kappa shape index (κ1) is 21.7. The fourth-order valence-electron chi connectivity index (χ4n) is 2.37. The van der Waals surface area contributed by atoms with Gasteiger partial charge in [0, 0.05) is 33.9 Å². The van der Waals surface area contributed by atoms with Crippen molar-refractivity contribution in [1.29, 1.82) is 0 Å². The summed E-state index contributed by atoms with van der Waals surface area (Å²) in [6.07, 6.45) is -0.575. The number of methoxy groups -OCH3 is 4. The molecule has 0 radical (unpaired) electrons. The Morgan fingerprint density at radius 1 is 0.960 bits per heavy atom. The van der Waals surface area contributed by atoms with Crippen molar-refractivity contribution < 1.29 is 28.8 Å². The first-order valence-electron chi connectivity index (χ1n) is 8.31. The molecule has 1 aromatic rings. The number of hydrogen-bond donors (Lipinski definition) is 1. The number of rotatable bonds is 14. The minimum Gasteiger partial charge on any atom is -0.493 e. The summed E-state index contributed by atoms with van der Waals surface area (Å²) in [5, 5.41) is 10.2. The molecule has 0 fully saturated rings. The van der Waals surface area contributed by atoms with E-state index in [1.54, 1.807) is 28.4 Å². The lowest BCUT2D eigenvalue weighted by Crippen LogP contribution is -2.38. The monoisotopic (exact) mass is 357 g/mol. The maximum absolute atomic E-state index is 10.2. The van der Waals surface area contributed by atoms with Crippen LogP contribution in [-0.4, -0.2) is 84.0 Å². The molecular weight excluding hydrogens is 326 g/mol. The number of benzene rings is 1. The fraction of sp³-hybridized carbons (Fsp3) is 0.667. The molecule has 0 amide bonds. The number of nitrogens with zero attached hydrogens (tertiary/aromatic N) is 1. The van der Waals surface area contributed by atoms with Crippen LogP contribution in [-0.2, 0) is 20.8 Å². The van der Waals surface area contributed by atoms with Gasteiger partial charge < -0.3 is 28.8 Å². The van der Waals surface area contributed by atoms with Crippen molar-refractivity contribution in [3.8, 4) is 11.5 Å². The van der Waals surface area contributed by atoms with Crippen LogP contribution in [0.4, 0.5) is 0 Å². The molecule has 1 aromatic carbocycles. The summed E-state index contributed by atoms with van der Waals surface area (Å²) in [5.74, 6) is 1.34. The second kappa shape index (κ2) is 12.9. The molecule has 0 heterocycles. The molecule has 0 saturated heterocycles. The highest BCUT2D eigenvalue weighted by molar-refractivity contribution is 5.42. The number of aliphatic hydroxyl groups is 1. The summed E-state index contributed by atoms with van der Waals surface area (Å²) in [4.78, 5) is 2.09. The average molecular weight is 357 g/mol. The summed E-state index contributed by atoms with van der Waals surface area (Å²) in [6, 6.07) is 5.62. The molecule has 1 atom stereocenters. The van der Waals surface area contributed by atoms with Crippen LogP contribution in [0, 0.1) is 0 Å². The van der Waals surface area contributed by atoms with Crippen LogP contribution in [0.3, 0.4) is 0 Å². The van der Waals surface area contributed by atoms with Crippen LogP contribution in [0.2, 0.25) is 0 Å². The third kappa shape index (κ3) is 8.51. The zero-order chi connectivity index (χ0) is 18.5. The van der Waals surface area contributed by atoms with Crippen molar-refractivity contribution >= 4 is 0 Å². The van der Waals surface area contributed by atoms with Gasteiger partial charge in [-0.25, -0.2) is 0 Å². The van der Waals surface area contributed by atoms with Crippen LogP contribution in [0.1, 0.15) is 5.56 Å². The predicted molar refractivity (Wildman–Crippen MR) is 95.4 cm³/mol. The molecule has 1 N–H and O–H groups in total. The Kier molecular flexibility index (Phi) is 11.2. The third-order valence-electron chi connectivity index (χ3n) is 3.72. The van der Waals surface area contributed by atoms with Gasteiger partial charge in [-0.05, 0) is 17.7 Å². The zero-order valence-electron chi connectivity index (χ0n) is 15.7. The molecule has 7 nitrogen and oxygen atoms in total. The summed E-state index contributed by atoms with van der Waals surface area (Å²) < 4.78 is 26.3. The maximum Gasteiger partial charge on any atom is 0.161 e. The Bertz CT molecular complexity index is 463. The molecule has 0 aliphatic rings. The van der Waals surface area contributed by atoms with Crippen molar-refractivity contribution in [2.45, 2.75) is 12.7 Å². The van der Waals surface area contributed by atoms with E-state index in [-0.39, 0.29) is 6.61 Å². The third-order valence-corrected chi connectivity index (χ3v) is 3.72. The second-order valence-corrected chi connectivity index (χ2v) is 5.64. The highest BCUT2D eigenvalue weighted by Crippen LogP contribution is 2.27. The van der Waals surface area contributed by atoms with Crippen LogP contribution in [0.5, 0.6) is 11.5 Å². The minimum atomic E-state index is -0.575. The van der Waals surface area contributed by atoms with Gasteiger partial charge in [-0.15, -0.1) is 0 Å². The first-order valence-corrected chi connectivity index (χ1v) is 8.31. The highest BCUT2D eigenvalue weighted by Gasteiger charge is 2.12. The Balaban J connectivity index is 2.40. The SMILES string of the molecule is COCCN(CCOC)C[C@H](O)COCc1ccc(OC)c(OC)c1. The van der Waals surface area contributed by atoms with Gasteiger partial charge in [0.05, 0.1) is 46.8 Å². The van der Waals surface area contributed by atoms with E-state index in [4.69, 9.17) is 23.7 Å². The Morgan fingerprint density at radius 2 is 1.60 bits per heavy atom. The van der Waals surface area contributed by atoms with E-state index in [9.17, 15) is 5.11 Å². The van der Waals surface area contributed by atoms with Crippen LogP contribution in [0.25, 0.3) is 0 Å². The van der Waals surface area contributed by atoms with E-state index in [0.29, 0.717) is 37.9 Å². The molecule has 144 valence electrons. The lowest BCUT2D eigenvalue weighted by molar-refractivity contribution is 0.00232. The smallest absolute Gasteiger partial charge is 0.161 e. The molecule has 0 bridgehead atoms. The predicted octanol–water partition coefficient (Wildman–Crippen LogP) is 1.18. The summed E-state index contributed by atoms with van der Waals surface area (Å²) in [5.41, 5.74) is 0.959. The quantitative estimate of drug-likeness (QED) is 0.536. The van der Waals surface area contributed by atoms with Gasteiger partial charge >= 0.3 is 0 Å². The molecule has 25 heavy (non-hydrogen) atoms. The normalized spacial score (nSPS) is 12.4. The summed E-state index contributed by atoms with van der Waals surface area (Å²) >= 11 is 0. The van der Waals surface area contributed by atoms with Gasteiger partial charge in [0.25, 0.3) is 0 Å². The molecule has 0 aliphatic carbocycles. The first-order chi connectivity index (χ1) is 12.1. The lowest BCUT2D eigenvalue weighted by atomic mass is 10.2. The number of aliphatic hydroxyl groups excluding tert-OH is 1. The van der Waals surface area contributed by atoms with Crippen molar-refractivity contribution in [1.82, 2.24) is 4.90 Å². The van der Waals surface area contributed by atoms with E-state index in [0.717, 1.165) is 18.7 Å². The van der Waals surface area contributed by atoms with Crippen LogP contribution in [0.15, 0.2) is 18.2 Å². The van der Waals surface area contributed by atoms with Crippen molar-refractivity contribution in [3.05, 3.63) is 23.8 Å². The van der Waals surface area contributed by atoms with Crippen molar-refractivity contribution in [2.24, 2.45) is 0 Å². The van der Waals surface area contributed by atoms with E-state index in [1.807, 2.05) is 18.2 Å². The molecule has 0 spiro atoms. The molecule has 0 unspecified atom stereocenters. The van der Waals surface area contributed by atoms with Gasteiger partial charge in [-0.2, -0.15) is 0 Å². The molecule has 7 heteroatoms. The van der Waals surface area contributed by atoms with Crippen LogP contribution >= 0.6 is 0 Å². The van der Waals surface area contributed by atoms with E-state index in [2.05, 4.69) is 4.90 Å². The molecule has 1 rings (SSSR count). The van der Waals surface area contributed by atoms with E-state index >= 15 is 0 Å². The van der Waals surface area contributed by atoms with Gasteiger partial charge in [-0.3, -0.25) is 4.90 Å². The Morgan fingerprint density at radius 3 is 2.16 bits per heavy atom. The Labute approximate surface area is 150 Å². The van der Waals surface area contributed by atoms with Crippen LogP contribution < -0.4 is 9.47 Å². The van der Waals surface area contributed by atoms with Crippen molar-refractivity contribution in [3.63, 3.8) is 0 Å². The van der Waals surface area contributed by atoms with E-state index < -0.39 is 6.10 Å². The molecule has 0 saturated carbocycles. The maximum atomic E-state index is 10.2. The fourth-order valence-corrected chi connectivity index (χ4v) is 2.37. The average Bonchev–Trinajstić information content (AvgIpc) is 2.63. The van der Waals surface area contributed by atoms with Gasteiger partial charge in [0.1, 0.15) is 0 Å². The van der Waals surface area contributed by atoms with Gasteiger partial charge in [-0.1, -0.05) is 6.07 Å². The molecule has 0 aliphatic heterocycles. The largest absolute Gasteiger partial charge is 0.493 e. The Hall–Kier alpha value is -1.38. The summed E-state index contributed by atoms with van der Waals surface area (Å²) in [7, 11) is 6.53. The van der Waals surface area contributed by atoms with Gasteiger partial charge in [0.2, 0.25) is 0 Å². The topological polar surface area (TPSA) is 69.6 Å². The molecule has 0 aromatic heterocycles. The number of hydrogen-bond acceptors (Lipinski definition) is 7. The minimum absolute atomic E-state index is 0.255. The second-order valence-electron chi connectivity index (χ2n) is 5.64. The van der Waals surface area contributed by atoms with E-state index in [1.165, 1.54) is 0 Å².